The summed E-state index contributed by atoms with van der Waals surface area (Å²) in [6.45, 7) is 8.24. The highest BCUT2D eigenvalue weighted by Crippen LogP contribution is 2.20. The van der Waals surface area contributed by atoms with Gasteiger partial charge in [0, 0.05) is 25.8 Å². The molecule has 6 heteroatoms. The number of carbonyl (C=O) groups is 1. The summed E-state index contributed by atoms with van der Waals surface area (Å²) in [5.41, 5.74) is 1.07. The van der Waals surface area contributed by atoms with Crippen molar-refractivity contribution in [3.05, 3.63) is 11.9 Å². The zero-order valence-corrected chi connectivity index (χ0v) is 14.6. The minimum Gasteiger partial charge on any atom is -0.383 e. The maximum atomic E-state index is 12.2. The maximum absolute atomic E-state index is 12.2. The topological polar surface area (TPSA) is 71.2 Å². The number of hydrogen-bond acceptors (Lipinski definition) is 4. The summed E-state index contributed by atoms with van der Waals surface area (Å²) < 4.78 is 1.94. The minimum absolute atomic E-state index is 0.0306. The fourth-order valence-electron chi connectivity index (χ4n) is 2.97. The number of aromatic nitrogens is 3. The number of likely N-dealkylation sites (tertiary alicyclic amines) is 1. The van der Waals surface area contributed by atoms with Gasteiger partial charge in [0.25, 0.3) is 5.91 Å². The van der Waals surface area contributed by atoms with Crippen LogP contribution in [0.2, 0.25) is 0 Å². The van der Waals surface area contributed by atoms with E-state index in [0.29, 0.717) is 5.92 Å². The van der Waals surface area contributed by atoms with Crippen LogP contribution in [0.4, 0.5) is 0 Å². The number of piperidine rings is 1. The molecule has 23 heavy (non-hydrogen) atoms. The number of hydrogen-bond donors (Lipinski definition) is 1. The van der Waals surface area contributed by atoms with E-state index in [0.717, 1.165) is 51.0 Å². The standard InChI is InChI=1S/C17H30N4O2/c1-4-5-6-15-12-21(19-18-15)11-14-7-9-20(10-8-14)17(23)16(22)13(2)3/h12-14,16,22H,4-11H2,1-3H3/t16-/m1/s1. The first-order chi connectivity index (χ1) is 11.0. The van der Waals surface area contributed by atoms with Crippen LogP contribution in [0.25, 0.3) is 0 Å². The van der Waals surface area contributed by atoms with Gasteiger partial charge in [-0.15, -0.1) is 5.10 Å². The normalized spacial score (nSPS) is 17.7. The fourth-order valence-corrected chi connectivity index (χ4v) is 2.97. The molecule has 1 aliphatic rings. The van der Waals surface area contributed by atoms with Crippen molar-refractivity contribution >= 4 is 5.91 Å². The first kappa shape index (κ1) is 17.9. The lowest BCUT2D eigenvalue weighted by atomic mass is 9.95. The van der Waals surface area contributed by atoms with Crippen molar-refractivity contribution in [1.29, 1.82) is 0 Å². The Morgan fingerprint density at radius 2 is 2.09 bits per heavy atom. The van der Waals surface area contributed by atoms with E-state index >= 15 is 0 Å². The van der Waals surface area contributed by atoms with Crippen LogP contribution in [0.5, 0.6) is 0 Å². The number of aliphatic hydroxyl groups is 1. The molecular formula is C17H30N4O2. The third-order valence-corrected chi connectivity index (χ3v) is 4.63. The molecule has 1 aromatic heterocycles. The van der Waals surface area contributed by atoms with Crippen LogP contribution in [-0.4, -0.2) is 50.1 Å². The summed E-state index contributed by atoms with van der Waals surface area (Å²) in [5, 5.41) is 18.3. The molecule has 0 aliphatic carbocycles. The Kier molecular flexibility index (Phi) is 6.57. The Morgan fingerprint density at radius 1 is 1.39 bits per heavy atom. The van der Waals surface area contributed by atoms with Crippen LogP contribution in [0.15, 0.2) is 6.20 Å². The minimum atomic E-state index is -0.872. The van der Waals surface area contributed by atoms with Gasteiger partial charge in [0.1, 0.15) is 6.10 Å². The highest BCUT2D eigenvalue weighted by Gasteiger charge is 2.28. The van der Waals surface area contributed by atoms with E-state index in [1.54, 1.807) is 4.90 Å². The average molecular weight is 322 g/mol. The molecule has 1 N–H and O–H groups in total. The molecule has 6 nitrogen and oxygen atoms in total. The molecular weight excluding hydrogens is 292 g/mol. The molecule has 1 fully saturated rings. The van der Waals surface area contributed by atoms with Crippen molar-refractivity contribution < 1.29 is 9.90 Å². The summed E-state index contributed by atoms with van der Waals surface area (Å²) in [6.07, 6.45) is 6.41. The van der Waals surface area contributed by atoms with Crippen molar-refractivity contribution in [2.45, 2.75) is 65.5 Å². The molecule has 2 heterocycles. The Balaban J connectivity index is 1.78. The van der Waals surface area contributed by atoms with E-state index in [9.17, 15) is 9.90 Å². The van der Waals surface area contributed by atoms with Gasteiger partial charge in [-0.2, -0.15) is 0 Å². The van der Waals surface area contributed by atoms with Gasteiger partial charge in [-0.3, -0.25) is 9.48 Å². The molecule has 1 amide bonds. The van der Waals surface area contributed by atoms with E-state index in [-0.39, 0.29) is 11.8 Å². The second-order valence-corrected chi connectivity index (χ2v) is 6.99. The SMILES string of the molecule is CCCCc1cn(CC2CCN(C(=O)[C@H](O)C(C)C)CC2)nn1. The highest BCUT2D eigenvalue weighted by atomic mass is 16.3. The molecule has 130 valence electrons. The summed E-state index contributed by atoms with van der Waals surface area (Å²) in [6, 6.07) is 0. The highest BCUT2D eigenvalue weighted by molar-refractivity contribution is 5.81. The van der Waals surface area contributed by atoms with Crippen molar-refractivity contribution in [2.24, 2.45) is 11.8 Å². The van der Waals surface area contributed by atoms with Crippen LogP contribution >= 0.6 is 0 Å². The second kappa shape index (κ2) is 8.43. The number of unbranched alkanes of at least 4 members (excludes halogenated alkanes) is 1. The first-order valence-corrected chi connectivity index (χ1v) is 8.87. The monoisotopic (exact) mass is 322 g/mol. The number of rotatable bonds is 7. The van der Waals surface area contributed by atoms with E-state index in [1.807, 2.05) is 18.5 Å². The van der Waals surface area contributed by atoms with Crippen molar-refractivity contribution in [2.75, 3.05) is 13.1 Å². The number of aliphatic hydroxyl groups excluding tert-OH is 1. The Labute approximate surface area is 138 Å². The van der Waals surface area contributed by atoms with Gasteiger partial charge in [0.2, 0.25) is 0 Å². The summed E-state index contributed by atoms with van der Waals surface area (Å²) in [4.78, 5) is 14.0. The predicted molar refractivity (Wildman–Crippen MR) is 88.8 cm³/mol. The van der Waals surface area contributed by atoms with Gasteiger partial charge in [0.05, 0.1) is 5.69 Å². The molecule has 0 aromatic carbocycles. The Morgan fingerprint density at radius 3 is 2.70 bits per heavy atom. The van der Waals surface area contributed by atoms with Gasteiger partial charge < -0.3 is 10.0 Å². The maximum Gasteiger partial charge on any atom is 0.251 e. The summed E-state index contributed by atoms with van der Waals surface area (Å²) in [7, 11) is 0. The number of carbonyl (C=O) groups excluding carboxylic acids is 1. The molecule has 1 aromatic rings. The zero-order valence-electron chi connectivity index (χ0n) is 14.6. The number of amides is 1. The zero-order chi connectivity index (χ0) is 16.8. The van der Waals surface area contributed by atoms with Crippen LogP contribution < -0.4 is 0 Å². The average Bonchev–Trinajstić information content (AvgIpc) is 2.99. The molecule has 1 aliphatic heterocycles. The second-order valence-electron chi connectivity index (χ2n) is 6.99. The largest absolute Gasteiger partial charge is 0.383 e. The molecule has 0 bridgehead atoms. The molecule has 0 radical (unpaired) electrons. The summed E-state index contributed by atoms with van der Waals surface area (Å²) in [5.74, 6) is 0.369. The van der Waals surface area contributed by atoms with Crippen LogP contribution in [0.1, 0.15) is 52.1 Å². The molecule has 2 rings (SSSR count). The van der Waals surface area contributed by atoms with Gasteiger partial charge in [-0.25, -0.2) is 0 Å². The molecule has 0 saturated carbocycles. The number of nitrogens with zero attached hydrogens (tertiary/aromatic N) is 4. The van der Waals surface area contributed by atoms with Crippen LogP contribution in [0, 0.1) is 11.8 Å². The lowest BCUT2D eigenvalue weighted by molar-refractivity contribution is -0.143. The Hall–Kier alpha value is -1.43. The van der Waals surface area contributed by atoms with Crippen molar-refractivity contribution in [3.8, 4) is 0 Å². The van der Waals surface area contributed by atoms with Crippen LogP contribution in [0.3, 0.4) is 0 Å². The van der Waals surface area contributed by atoms with E-state index < -0.39 is 6.10 Å². The van der Waals surface area contributed by atoms with Crippen molar-refractivity contribution in [1.82, 2.24) is 19.9 Å². The Bertz CT molecular complexity index is 493. The lowest BCUT2D eigenvalue weighted by Crippen LogP contribution is -2.45. The smallest absolute Gasteiger partial charge is 0.251 e. The van der Waals surface area contributed by atoms with E-state index in [1.165, 1.54) is 6.42 Å². The van der Waals surface area contributed by atoms with Gasteiger partial charge >= 0.3 is 0 Å². The third kappa shape index (κ3) is 5.03. The molecule has 0 spiro atoms. The first-order valence-electron chi connectivity index (χ1n) is 8.87. The van der Waals surface area contributed by atoms with Gasteiger partial charge in [0.15, 0.2) is 0 Å². The van der Waals surface area contributed by atoms with E-state index in [2.05, 4.69) is 23.4 Å². The molecule has 1 saturated heterocycles. The fraction of sp³-hybridized carbons (Fsp3) is 0.824. The third-order valence-electron chi connectivity index (χ3n) is 4.63. The van der Waals surface area contributed by atoms with Gasteiger partial charge in [-0.1, -0.05) is 32.4 Å². The molecule has 0 unspecified atom stereocenters. The lowest BCUT2D eigenvalue weighted by Gasteiger charge is -2.33. The van der Waals surface area contributed by atoms with Gasteiger partial charge in [-0.05, 0) is 37.5 Å². The van der Waals surface area contributed by atoms with Crippen molar-refractivity contribution in [3.63, 3.8) is 0 Å². The van der Waals surface area contributed by atoms with E-state index in [4.69, 9.17) is 0 Å². The quantitative estimate of drug-likeness (QED) is 0.832. The number of aryl methyl sites for hydroxylation is 1. The summed E-state index contributed by atoms with van der Waals surface area (Å²) >= 11 is 0. The predicted octanol–water partition coefficient (Wildman–Crippen LogP) is 1.88. The van der Waals surface area contributed by atoms with Crippen LogP contribution in [-0.2, 0) is 17.8 Å². The molecule has 1 atom stereocenters.